The first kappa shape index (κ1) is 24.4. The Labute approximate surface area is 179 Å². The number of carbonyl (C=O) groups is 2. The van der Waals surface area contributed by atoms with Crippen molar-refractivity contribution in [3.8, 4) is 0 Å². The van der Waals surface area contributed by atoms with Crippen LogP contribution < -0.4 is 5.32 Å². The summed E-state index contributed by atoms with van der Waals surface area (Å²) in [4.78, 5) is 23.6. The number of halogens is 3. The van der Waals surface area contributed by atoms with Gasteiger partial charge in [-0.1, -0.05) is 0 Å². The Balaban J connectivity index is 1.93. The summed E-state index contributed by atoms with van der Waals surface area (Å²) in [5.74, 6) is 0.0706. The van der Waals surface area contributed by atoms with E-state index in [4.69, 9.17) is 4.74 Å². The molecular formula is C21H28F3NO4S. The predicted molar refractivity (Wildman–Crippen MR) is 109 cm³/mol. The van der Waals surface area contributed by atoms with Gasteiger partial charge in [-0.15, -0.1) is 11.8 Å². The molecule has 0 aromatic heterocycles. The molecule has 0 spiro atoms. The van der Waals surface area contributed by atoms with E-state index >= 15 is 0 Å². The van der Waals surface area contributed by atoms with Crippen molar-refractivity contribution in [3.05, 3.63) is 29.3 Å². The van der Waals surface area contributed by atoms with Crippen molar-refractivity contribution in [2.45, 2.75) is 69.2 Å². The molecule has 5 nitrogen and oxygen atoms in total. The van der Waals surface area contributed by atoms with Crippen molar-refractivity contribution in [1.82, 2.24) is 5.32 Å². The summed E-state index contributed by atoms with van der Waals surface area (Å²) in [6.45, 7) is 5.39. The Morgan fingerprint density at radius 2 is 1.77 bits per heavy atom. The maximum Gasteiger partial charge on any atom is 0.417 e. The molecule has 1 fully saturated rings. The topological polar surface area (TPSA) is 64.6 Å². The summed E-state index contributed by atoms with van der Waals surface area (Å²) >= 11 is 1.11. The summed E-state index contributed by atoms with van der Waals surface area (Å²) in [5.41, 5.74) is -1.22. The quantitative estimate of drug-likeness (QED) is 0.466. The third-order valence-corrected chi connectivity index (χ3v) is 6.04. The Bertz CT molecular complexity index is 754. The Morgan fingerprint density at radius 1 is 1.13 bits per heavy atom. The van der Waals surface area contributed by atoms with E-state index in [-0.39, 0.29) is 22.4 Å². The number of amides is 1. The van der Waals surface area contributed by atoms with Crippen LogP contribution in [0.5, 0.6) is 0 Å². The molecule has 1 amide bonds. The molecule has 1 aromatic rings. The molecule has 1 N–H and O–H groups in total. The van der Waals surface area contributed by atoms with Gasteiger partial charge in [0.2, 0.25) is 0 Å². The lowest BCUT2D eigenvalue weighted by Gasteiger charge is -2.30. The number of methoxy groups -OCH3 is 1. The SMILES string of the molecule is COC(=O)c1ccc(C(F)(F)F)c(SCC2CCC(NC(=O)OC(C)(C)C)CC2)c1. The number of nitrogens with one attached hydrogen (secondary N) is 1. The summed E-state index contributed by atoms with van der Waals surface area (Å²) in [6, 6.07) is 3.31. The molecule has 2 rings (SSSR count). The summed E-state index contributed by atoms with van der Waals surface area (Å²) < 4.78 is 49.9. The highest BCUT2D eigenvalue weighted by Gasteiger charge is 2.34. The van der Waals surface area contributed by atoms with Gasteiger partial charge in [0.25, 0.3) is 0 Å². The molecule has 0 unspecified atom stereocenters. The first-order valence-corrected chi connectivity index (χ1v) is 10.8. The van der Waals surface area contributed by atoms with Gasteiger partial charge in [-0.05, 0) is 70.6 Å². The van der Waals surface area contributed by atoms with Crippen molar-refractivity contribution in [2.24, 2.45) is 5.92 Å². The number of hydrogen-bond donors (Lipinski definition) is 1. The number of carbonyl (C=O) groups excluding carboxylic acids is 2. The van der Waals surface area contributed by atoms with Gasteiger partial charge >= 0.3 is 18.2 Å². The number of esters is 1. The van der Waals surface area contributed by atoms with Crippen LogP contribution in [-0.4, -0.2) is 36.6 Å². The van der Waals surface area contributed by atoms with Crippen molar-refractivity contribution >= 4 is 23.8 Å². The lowest BCUT2D eigenvalue weighted by molar-refractivity contribution is -0.139. The van der Waals surface area contributed by atoms with Gasteiger partial charge in [0.1, 0.15) is 5.60 Å². The number of ether oxygens (including phenoxy) is 2. The average molecular weight is 448 g/mol. The van der Waals surface area contributed by atoms with Crippen LogP contribution >= 0.6 is 11.8 Å². The van der Waals surface area contributed by atoms with Crippen molar-refractivity contribution in [3.63, 3.8) is 0 Å². The van der Waals surface area contributed by atoms with E-state index < -0.39 is 29.4 Å². The van der Waals surface area contributed by atoms with Crippen LogP contribution in [0.4, 0.5) is 18.0 Å². The minimum absolute atomic E-state index is 0.00879. The van der Waals surface area contributed by atoms with Crippen LogP contribution in [0.1, 0.15) is 62.4 Å². The molecule has 0 heterocycles. The maximum absolute atomic E-state index is 13.3. The van der Waals surface area contributed by atoms with Crippen LogP contribution in [0.25, 0.3) is 0 Å². The molecule has 0 aliphatic heterocycles. The Kier molecular flexibility index (Phi) is 8.07. The zero-order chi connectivity index (χ0) is 22.5. The van der Waals surface area contributed by atoms with Crippen LogP contribution in [0.3, 0.4) is 0 Å². The number of hydrogen-bond acceptors (Lipinski definition) is 5. The number of alkyl carbamates (subject to hydrolysis) is 1. The summed E-state index contributed by atoms with van der Waals surface area (Å²) in [6.07, 6.45) is -1.85. The van der Waals surface area contributed by atoms with E-state index in [1.165, 1.54) is 13.2 Å². The molecule has 1 aromatic carbocycles. The number of alkyl halides is 3. The normalized spacial score (nSPS) is 19.8. The van der Waals surface area contributed by atoms with Crippen LogP contribution in [0.15, 0.2) is 23.1 Å². The molecule has 0 saturated heterocycles. The molecule has 1 saturated carbocycles. The van der Waals surface area contributed by atoms with Crippen LogP contribution in [-0.2, 0) is 15.7 Å². The fraction of sp³-hybridized carbons (Fsp3) is 0.619. The van der Waals surface area contributed by atoms with Gasteiger partial charge < -0.3 is 14.8 Å². The van der Waals surface area contributed by atoms with Gasteiger partial charge in [0.05, 0.1) is 18.2 Å². The van der Waals surface area contributed by atoms with Crippen LogP contribution in [0, 0.1) is 5.92 Å². The molecule has 0 bridgehead atoms. The third-order valence-electron chi connectivity index (χ3n) is 4.75. The number of rotatable bonds is 5. The second-order valence-corrected chi connectivity index (χ2v) is 9.44. The largest absolute Gasteiger partial charge is 0.465 e. The standard InChI is InChI=1S/C21H28F3NO4S/c1-20(2,3)29-19(27)25-15-8-5-13(6-9-15)12-30-17-11-14(18(26)28-4)7-10-16(17)21(22,23)24/h7,10-11,13,15H,5-6,8-9,12H2,1-4H3,(H,25,27). The van der Waals surface area contributed by atoms with E-state index in [9.17, 15) is 22.8 Å². The minimum atomic E-state index is -4.49. The van der Waals surface area contributed by atoms with Gasteiger partial charge in [-0.2, -0.15) is 13.2 Å². The second-order valence-electron chi connectivity index (χ2n) is 8.38. The van der Waals surface area contributed by atoms with Gasteiger partial charge in [-0.25, -0.2) is 9.59 Å². The molecular weight excluding hydrogens is 419 g/mol. The summed E-state index contributed by atoms with van der Waals surface area (Å²) in [5, 5.41) is 2.86. The minimum Gasteiger partial charge on any atom is -0.465 e. The zero-order valence-electron chi connectivity index (χ0n) is 17.6. The molecule has 168 valence electrons. The number of thioether (sulfide) groups is 1. The second kappa shape index (κ2) is 9.94. The van der Waals surface area contributed by atoms with E-state index in [0.717, 1.165) is 49.6 Å². The van der Waals surface area contributed by atoms with Gasteiger partial charge in [0, 0.05) is 16.7 Å². The van der Waals surface area contributed by atoms with E-state index in [2.05, 4.69) is 10.1 Å². The zero-order valence-corrected chi connectivity index (χ0v) is 18.4. The van der Waals surface area contributed by atoms with E-state index in [1.807, 2.05) is 0 Å². The first-order chi connectivity index (χ1) is 13.9. The van der Waals surface area contributed by atoms with Crippen LogP contribution in [0.2, 0.25) is 0 Å². The highest BCUT2D eigenvalue weighted by atomic mass is 32.2. The van der Waals surface area contributed by atoms with Crippen molar-refractivity contribution in [2.75, 3.05) is 12.9 Å². The van der Waals surface area contributed by atoms with Crippen molar-refractivity contribution in [1.29, 1.82) is 0 Å². The highest BCUT2D eigenvalue weighted by molar-refractivity contribution is 7.99. The fourth-order valence-corrected chi connectivity index (χ4v) is 4.57. The Morgan fingerprint density at radius 3 is 2.30 bits per heavy atom. The van der Waals surface area contributed by atoms with Gasteiger partial charge in [-0.3, -0.25) is 0 Å². The molecule has 9 heteroatoms. The first-order valence-electron chi connectivity index (χ1n) is 9.81. The molecule has 0 atom stereocenters. The average Bonchev–Trinajstić information content (AvgIpc) is 2.64. The molecule has 1 aliphatic rings. The summed E-state index contributed by atoms with van der Waals surface area (Å²) in [7, 11) is 1.19. The van der Waals surface area contributed by atoms with Crippen molar-refractivity contribution < 1.29 is 32.2 Å². The van der Waals surface area contributed by atoms with E-state index in [1.54, 1.807) is 20.8 Å². The monoisotopic (exact) mass is 447 g/mol. The lowest BCUT2D eigenvalue weighted by Crippen LogP contribution is -2.41. The lowest BCUT2D eigenvalue weighted by atomic mass is 9.87. The highest BCUT2D eigenvalue weighted by Crippen LogP contribution is 2.39. The molecule has 0 radical (unpaired) electrons. The molecule has 30 heavy (non-hydrogen) atoms. The Hall–Kier alpha value is -1.90. The smallest absolute Gasteiger partial charge is 0.417 e. The third kappa shape index (κ3) is 7.41. The van der Waals surface area contributed by atoms with Gasteiger partial charge in [0.15, 0.2) is 0 Å². The number of benzene rings is 1. The predicted octanol–water partition coefficient (Wildman–Crippen LogP) is 5.67. The molecule has 1 aliphatic carbocycles. The fourth-order valence-electron chi connectivity index (χ4n) is 3.28. The maximum atomic E-state index is 13.3. The van der Waals surface area contributed by atoms with E-state index in [0.29, 0.717) is 5.75 Å².